The van der Waals surface area contributed by atoms with Crippen molar-refractivity contribution >= 4 is 21.6 Å². The Bertz CT molecular complexity index is 728. The van der Waals surface area contributed by atoms with E-state index >= 15 is 0 Å². The molecule has 96 valence electrons. The van der Waals surface area contributed by atoms with Crippen molar-refractivity contribution in [3.8, 4) is 0 Å². The van der Waals surface area contributed by atoms with E-state index in [0.29, 0.717) is 10.2 Å². The molecular weight excluding hydrogens is 248 g/mol. The van der Waals surface area contributed by atoms with Crippen LogP contribution in [0, 0.1) is 12.3 Å². The molecule has 0 bridgehead atoms. The fraction of sp³-hybridized carbons (Fsp3) is 0.538. The SMILES string of the molecule is Cc1csc2[nH]c(=O)n(C3CC(C)(C)C3)c(=O)c12. The van der Waals surface area contributed by atoms with Crippen molar-refractivity contribution in [2.75, 3.05) is 0 Å². The molecule has 0 amide bonds. The van der Waals surface area contributed by atoms with Crippen LogP contribution in [0.4, 0.5) is 0 Å². The smallest absolute Gasteiger partial charge is 0.298 e. The Hall–Kier alpha value is -1.36. The Labute approximate surface area is 108 Å². The van der Waals surface area contributed by atoms with Gasteiger partial charge in [-0.25, -0.2) is 4.79 Å². The lowest BCUT2D eigenvalue weighted by Crippen LogP contribution is -2.45. The molecule has 0 unspecified atom stereocenters. The predicted octanol–water partition coefficient (Wildman–Crippen LogP) is 2.42. The predicted molar refractivity (Wildman–Crippen MR) is 73.5 cm³/mol. The summed E-state index contributed by atoms with van der Waals surface area (Å²) >= 11 is 1.42. The first-order valence-corrected chi connectivity index (χ1v) is 7.00. The first-order valence-electron chi connectivity index (χ1n) is 6.12. The normalized spacial score (nSPS) is 19.1. The highest BCUT2D eigenvalue weighted by Crippen LogP contribution is 2.46. The molecule has 4 nitrogen and oxygen atoms in total. The standard InChI is InChI=1S/C13H16N2O2S/c1-7-6-18-10-9(7)11(16)15(12(17)14-10)8-4-13(2,3)5-8/h6,8H,4-5H2,1-3H3,(H,14,17). The number of rotatable bonds is 1. The van der Waals surface area contributed by atoms with Crippen molar-refractivity contribution in [2.45, 2.75) is 39.7 Å². The summed E-state index contributed by atoms with van der Waals surface area (Å²) in [5.41, 5.74) is 0.793. The summed E-state index contributed by atoms with van der Waals surface area (Å²) in [5.74, 6) is 0. The van der Waals surface area contributed by atoms with E-state index in [9.17, 15) is 9.59 Å². The minimum atomic E-state index is -0.269. The minimum Gasteiger partial charge on any atom is -0.298 e. The number of fused-ring (bicyclic) bond motifs is 1. The minimum absolute atomic E-state index is 0.0555. The quantitative estimate of drug-likeness (QED) is 0.860. The summed E-state index contributed by atoms with van der Waals surface area (Å²) in [6.45, 7) is 6.24. The average molecular weight is 264 g/mol. The van der Waals surface area contributed by atoms with Gasteiger partial charge in [-0.15, -0.1) is 11.3 Å². The molecule has 5 heteroatoms. The number of nitrogens with one attached hydrogen (secondary N) is 1. The Balaban J connectivity index is 2.21. The summed E-state index contributed by atoms with van der Waals surface area (Å²) < 4.78 is 1.41. The monoisotopic (exact) mass is 264 g/mol. The summed E-state index contributed by atoms with van der Waals surface area (Å²) in [7, 11) is 0. The summed E-state index contributed by atoms with van der Waals surface area (Å²) in [6.07, 6.45) is 1.79. The number of aryl methyl sites for hydroxylation is 1. The fourth-order valence-corrected chi connectivity index (χ4v) is 3.83. The van der Waals surface area contributed by atoms with E-state index in [-0.39, 0.29) is 22.7 Å². The van der Waals surface area contributed by atoms with E-state index in [0.717, 1.165) is 18.4 Å². The van der Waals surface area contributed by atoms with Gasteiger partial charge in [0.05, 0.1) is 5.39 Å². The third-order valence-electron chi connectivity index (χ3n) is 3.79. The first kappa shape index (κ1) is 11.7. The third-order valence-corrected chi connectivity index (χ3v) is 4.80. The molecule has 1 saturated carbocycles. The molecule has 3 rings (SSSR count). The van der Waals surface area contributed by atoms with E-state index < -0.39 is 0 Å². The molecule has 1 fully saturated rings. The third kappa shape index (κ3) is 1.57. The number of aromatic amines is 1. The van der Waals surface area contributed by atoms with Crippen molar-refractivity contribution in [3.63, 3.8) is 0 Å². The zero-order valence-electron chi connectivity index (χ0n) is 10.7. The molecular formula is C13H16N2O2S. The number of hydrogen-bond donors (Lipinski definition) is 1. The second kappa shape index (κ2) is 3.57. The van der Waals surface area contributed by atoms with E-state index in [1.165, 1.54) is 15.9 Å². The van der Waals surface area contributed by atoms with Crippen molar-refractivity contribution in [1.82, 2.24) is 9.55 Å². The molecule has 2 aromatic heterocycles. The lowest BCUT2D eigenvalue weighted by molar-refractivity contribution is 0.0985. The van der Waals surface area contributed by atoms with Crippen LogP contribution in [-0.4, -0.2) is 9.55 Å². The highest BCUT2D eigenvalue weighted by atomic mass is 32.1. The molecule has 0 aliphatic heterocycles. The van der Waals surface area contributed by atoms with Crippen molar-refractivity contribution in [1.29, 1.82) is 0 Å². The van der Waals surface area contributed by atoms with Crippen LogP contribution in [-0.2, 0) is 0 Å². The van der Waals surface area contributed by atoms with Crippen LogP contribution in [0.1, 0.15) is 38.3 Å². The van der Waals surface area contributed by atoms with E-state index in [1.807, 2.05) is 12.3 Å². The van der Waals surface area contributed by atoms with Crippen molar-refractivity contribution in [3.05, 3.63) is 31.8 Å². The van der Waals surface area contributed by atoms with Gasteiger partial charge in [0.2, 0.25) is 0 Å². The number of aromatic nitrogens is 2. The molecule has 1 N–H and O–H groups in total. The number of nitrogens with zero attached hydrogens (tertiary/aromatic N) is 1. The van der Waals surface area contributed by atoms with Crippen LogP contribution < -0.4 is 11.2 Å². The Morgan fingerprint density at radius 3 is 2.67 bits per heavy atom. The number of hydrogen-bond acceptors (Lipinski definition) is 3. The van der Waals surface area contributed by atoms with Gasteiger partial charge in [0, 0.05) is 6.04 Å². The van der Waals surface area contributed by atoms with Gasteiger partial charge in [-0.2, -0.15) is 0 Å². The van der Waals surface area contributed by atoms with Crippen LogP contribution in [0.25, 0.3) is 10.2 Å². The lowest BCUT2D eigenvalue weighted by Gasteiger charge is -2.42. The van der Waals surface area contributed by atoms with Gasteiger partial charge in [-0.3, -0.25) is 14.3 Å². The van der Waals surface area contributed by atoms with Crippen LogP contribution >= 0.6 is 11.3 Å². The zero-order valence-corrected chi connectivity index (χ0v) is 11.6. The zero-order chi connectivity index (χ0) is 13.1. The summed E-state index contributed by atoms with van der Waals surface area (Å²) in [5, 5.41) is 2.58. The molecule has 2 heterocycles. The molecule has 0 radical (unpaired) electrons. The molecule has 2 aromatic rings. The summed E-state index contributed by atoms with van der Waals surface area (Å²) in [4.78, 5) is 28.0. The second-order valence-electron chi connectivity index (χ2n) is 5.95. The van der Waals surface area contributed by atoms with Gasteiger partial charge in [-0.05, 0) is 36.1 Å². The number of thiophene rings is 1. The number of H-pyrrole nitrogens is 1. The second-order valence-corrected chi connectivity index (χ2v) is 6.83. The molecule has 0 spiro atoms. The van der Waals surface area contributed by atoms with Crippen LogP contribution in [0.15, 0.2) is 15.0 Å². The van der Waals surface area contributed by atoms with Gasteiger partial charge in [-0.1, -0.05) is 13.8 Å². The van der Waals surface area contributed by atoms with Gasteiger partial charge in [0.15, 0.2) is 0 Å². The Morgan fingerprint density at radius 2 is 2.06 bits per heavy atom. The first-order chi connectivity index (χ1) is 8.39. The molecule has 0 saturated heterocycles. The van der Waals surface area contributed by atoms with E-state index in [1.54, 1.807) is 0 Å². The average Bonchev–Trinajstić information content (AvgIpc) is 2.57. The lowest BCUT2D eigenvalue weighted by atomic mass is 9.68. The van der Waals surface area contributed by atoms with Gasteiger partial charge in [0.25, 0.3) is 5.56 Å². The van der Waals surface area contributed by atoms with Crippen molar-refractivity contribution in [2.24, 2.45) is 5.41 Å². The highest BCUT2D eigenvalue weighted by Gasteiger charge is 2.38. The molecule has 0 atom stereocenters. The van der Waals surface area contributed by atoms with Crippen LogP contribution in [0.5, 0.6) is 0 Å². The molecule has 1 aliphatic carbocycles. The van der Waals surface area contributed by atoms with Gasteiger partial charge < -0.3 is 0 Å². The Morgan fingerprint density at radius 1 is 1.39 bits per heavy atom. The van der Waals surface area contributed by atoms with E-state index in [2.05, 4.69) is 18.8 Å². The largest absolute Gasteiger partial charge is 0.329 e. The van der Waals surface area contributed by atoms with E-state index in [4.69, 9.17) is 0 Å². The molecule has 18 heavy (non-hydrogen) atoms. The maximum Gasteiger partial charge on any atom is 0.329 e. The van der Waals surface area contributed by atoms with Gasteiger partial charge in [0.1, 0.15) is 4.83 Å². The summed E-state index contributed by atoms with van der Waals surface area (Å²) in [6, 6.07) is 0.0555. The maximum atomic E-state index is 12.4. The fourth-order valence-electron chi connectivity index (χ4n) is 2.90. The van der Waals surface area contributed by atoms with Crippen LogP contribution in [0.2, 0.25) is 0 Å². The van der Waals surface area contributed by atoms with Crippen LogP contribution in [0.3, 0.4) is 0 Å². The maximum absolute atomic E-state index is 12.4. The Kier molecular flexibility index (Phi) is 2.32. The molecule has 1 aliphatic rings. The molecule has 0 aromatic carbocycles. The van der Waals surface area contributed by atoms with Gasteiger partial charge >= 0.3 is 5.69 Å². The highest BCUT2D eigenvalue weighted by molar-refractivity contribution is 7.16. The topological polar surface area (TPSA) is 54.9 Å². The van der Waals surface area contributed by atoms with Crippen molar-refractivity contribution < 1.29 is 0 Å².